The van der Waals surface area contributed by atoms with E-state index >= 15 is 0 Å². The number of anilines is 2. The highest BCUT2D eigenvalue weighted by Crippen LogP contribution is 2.39. The van der Waals surface area contributed by atoms with Crippen LogP contribution in [0.3, 0.4) is 0 Å². The van der Waals surface area contributed by atoms with Crippen LogP contribution in [0.25, 0.3) is 11.1 Å². The molecule has 70 heavy (non-hydrogen) atoms. The van der Waals surface area contributed by atoms with E-state index in [0.717, 1.165) is 77.7 Å². The number of alkyl halides is 3. The second kappa shape index (κ2) is 23.7. The fourth-order valence-corrected chi connectivity index (χ4v) is 11.8. The number of piperazine rings is 1. The fourth-order valence-electron chi connectivity index (χ4n) is 8.69. The molecular formula is C50H58ClF3N6O7S3. The molecule has 7 rings (SSSR count). The highest BCUT2D eigenvalue weighted by molar-refractivity contribution is 7.99. The second-order valence-corrected chi connectivity index (χ2v) is 22.7. The van der Waals surface area contributed by atoms with E-state index in [4.69, 9.17) is 11.6 Å². The van der Waals surface area contributed by atoms with Crippen molar-refractivity contribution in [1.82, 2.24) is 19.8 Å². The molecular weight excluding hydrogens is 985 g/mol. The molecule has 0 aliphatic carbocycles. The Kier molecular flexibility index (Phi) is 18.0. The first-order valence-corrected chi connectivity index (χ1v) is 27.4. The summed E-state index contributed by atoms with van der Waals surface area (Å²) in [5.74, 6) is -0.817. The number of piperidine rings is 1. The van der Waals surface area contributed by atoms with Gasteiger partial charge in [0.05, 0.1) is 23.3 Å². The first-order chi connectivity index (χ1) is 33.4. The van der Waals surface area contributed by atoms with Gasteiger partial charge in [-0.3, -0.25) is 9.69 Å². The van der Waals surface area contributed by atoms with Gasteiger partial charge >= 0.3 is 5.51 Å². The molecule has 5 aromatic carbocycles. The van der Waals surface area contributed by atoms with Gasteiger partial charge in [0.2, 0.25) is 0 Å². The molecule has 0 aromatic heterocycles. The lowest BCUT2D eigenvalue weighted by Crippen LogP contribution is -2.42. The predicted molar refractivity (Wildman–Crippen MR) is 269 cm³/mol. The van der Waals surface area contributed by atoms with Crippen LogP contribution >= 0.6 is 23.4 Å². The lowest BCUT2D eigenvalue weighted by Gasteiger charge is -2.36. The largest absolute Gasteiger partial charge is 0.501 e. The van der Waals surface area contributed by atoms with Crippen molar-refractivity contribution in [2.24, 2.45) is 5.92 Å². The van der Waals surface area contributed by atoms with E-state index in [9.17, 15) is 45.0 Å². The SMILES string of the molecule is CN(CCO)CCC(CSc1ccccc1)Nc1ccc(S(=O)(=O)NC(=O)c2ccc(N3CCC([C@H](O)c4cc(CN5CCNCC5)ccc4-c4ccc(Cl)cc4)CC3)cc2)cc1S(=O)(=O)C(F)(F)F. The lowest BCUT2D eigenvalue weighted by atomic mass is 9.83. The van der Waals surface area contributed by atoms with Gasteiger partial charge in [-0.1, -0.05) is 60.1 Å². The molecule has 13 nitrogen and oxygen atoms in total. The van der Waals surface area contributed by atoms with Crippen LogP contribution in [0.4, 0.5) is 24.5 Å². The number of aliphatic hydroxyl groups excluding tert-OH is 2. The van der Waals surface area contributed by atoms with Gasteiger partial charge in [0.15, 0.2) is 0 Å². The van der Waals surface area contributed by atoms with E-state index in [1.807, 2.05) is 64.2 Å². The normalized spacial score (nSPS) is 16.3. The summed E-state index contributed by atoms with van der Waals surface area (Å²) < 4.78 is 97.7. The second-order valence-electron chi connectivity index (χ2n) is 17.6. The molecule has 20 heteroatoms. The molecule has 5 aromatic rings. The Morgan fingerprint density at radius 2 is 1.57 bits per heavy atom. The first kappa shape index (κ1) is 53.1. The van der Waals surface area contributed by atoms with Crippen LogP contribution in [0.15, 0.2) is 130 Å². The van der Waals surface area contributed by atoms with Crippen LogP contribution < -0.4 is 20.3 Å². The van der Waals surface area contributed by atoms with E-state index < -0.39 is 58.9 Å². The Balaban J connectivity index is 1.02. The maximum Gasteiger partial charge on any atom is 0.501 e. The molecule has 0 spiro atoms. The molecule has 0 saturated carbocycles. The van der Waals surface area contributed by atoms with Crippen LogP contribution in [0.5, 0.6) is 0 Å². The third-order valence-electron chi connectivity index (χ3n) is 12.7. The van der Waals surface area contributed by atoms with Crippen molar-refractivity contribution in [2.75, 3.05) is 82.0 Å². The van der Waals surface area contributed by atoms with E-state index in [1.165, 1.54) is 23.9 Å². The topological polar surface area (TPSA) is 172 Å². The number of halogens is 4. The van der Waals surface area contributed by atoms with Gasteiger partial charge in [0, 0.05) is 85.3 Å². The van der Waals surface area contributed by atoms with Gasteiger partial charge in [-0.15, -0.1) is 11.8 Å². The van der Waals surface area contributed by atoms with Crippen molar-refractivity contribution >= 4 is 60.5 Å². The number of thioether (sulfide) groups is 1. The molecule has 0 radical (unpaired) electrons. The summed E-state index contributed by atoms with van der Waals surface area (Å²) in [6.45, 7) is 6.34. The molecule has 2 saturated heterocycles. The number of likely N-dealkylation sites (N-methyl/N-ethyl adjacent to an activating group) is 1. The number of hydrogen-bond acceptors (Lipinski definition) is 13. The first-order valence-electron chi connectivity index (χ1n) is 23.0. The number of benzene rings is 5. The minimum absolute atomic E-state index is 0.0482. The minimum Gasteiger partial charge on any atom is -0.395 e. The van der Waals surface area contributed by atoms with Gasteiger partial charge in [0.1, 0.15) is 4.90 Å². The summed E-state index contributed by atoms with van der Waals surface area (Å²) in [7, 11) is -9.24. The van der Waals surface area contributed by atoms with Crippen molar-refractivity contribution in [3.05, 3.63) is 137 Å². The Labute approximate surface area is 417 Å². The average molecular weight is 1040 g/mol. The highest BCUT2D eigenvalue weighted by atomic mass is 35.5. The Bertz CT molecular complexity index is 2760. The van der Waals surface area contributed by atoms with E-state index in [0.29, 0.717) is 62.3 Å². The summed E-state index contributed by atoms with van der Waals surface area (Å²) in [6, 6.07) is 31.0. The van der Waals surface area contributed by atoms with Crippen molar-refractivity contribution < 1.29 is 45.0 Å². The van der Waals surface area contributed by atoms with Crippen LogP contribution in [-0.4, -0.2) is 126 Å². The zero-order valence-electron chi connectivity index (χ0n) is 38.6. The molecule has 0 bridgehead atoms. The van der Waals surface area contributed by atoms with Crippen molar-refractivity contribution in [1.29, 1.82) is 0 Å². The van der Waals surface area contributed by atoms with E-state index in [2.05, 4.69) is 38.6 Å². The highest BCUT2D eigenvalue weighted by Gasteiger charge is 2.48. The minimum atomic E-state index is -6.10. The van der Waals surface area contributed by atoms with Crippen LogP contribution in [-0.2, 0) is 26.4 Å². The molecule has 2 aliphatic heterocycles. The Morgan fingerprint density at radius 1 is 0.886 bits per heavy atom. The number of carbonyl (C=O) groups excluding carboxylic acids is 1. The van der Waals surface area contributed by atoms with Gasteiger partial charge in [-0.2, -0.15) is 13.2 Å². The summed E-state index contributed by atoms with van der Waals surface area (Å²) in [5.41, 5.74) is -1.64. The summed E-state index contributed by atoms with van der Waals surface area (Å²) in [6.07, 6.45) is 0.924. The number of aliphatic hydroxyl groups is 2. The molecule has 1 amide bonds. The molecule has 2 aliphatic rings. The number of hydrogen-bond donors (Lipinski definition) is 5. The zero-order valence-corrected chi connectivity index (χ0v) is 41.8. The van der Waals surface area contributed by atoms with Crippen molar-refractivity contribution in [3.63, 3.8) is 0 Å². The molecule has 2 fully saturated rings. The predicted octanol–water partition coefficient (Wildman–Crippen LogP) is 7.66. The third kappa shape index (κ3) is 13.6. The van der Waals surface area contributed by atoms with Crippen LogP contribution in [0.1, 0.15) is 46.9 Å². The molecule has 5 N–H and O–H groups in total. The Morgan fingerprint density at radius 3 is 2.23 bits per heavy atom. The third-order valence-corrected chi connectivity index (χ3v) is 16.9. The summed E-state index contributed by atoms with van der Waals surface area (Å²) in [5, 5.41) is 28.3. The smallest absolute Gasteiger partial charge is 0.395 e. The number of amides is 1. The van der Waals surface area contributed by atoms with Crippen molar-refractivity contribution in [2.45, 2.75) is 58.1 Å². The molecule has 1 unspecified atom stereocenters. The molecule has 2 heterocycles. The number of sulfonamides is 1. The van der Waals surface area contributed by atoms with Crippen LogP contribution in [0, 0.1) is 5.92 Å². The Hall–Kier alpha value is -4.70. The van der Waals surface area contributed by atoms with Crippen LogP contribution in [0.2, 0.25) is 5.02 Å². The van der Waals surface area contributed by atoms with Gasteiger partial charge in [-0.05, 0) is 128 Å². The quantitative estimate of drug-likeness (QED) is 0.0482. The maximum absolute atomic E-state index is 14.2. The van der Waals surface area contributed by atoms with E-state index in [1.54, 1.807) is 19.2 Å². The summed E-state index contributed by atoms with van der Waals surface area (Å²) >= 11 is 7.61. The summed E-state index contributed by atoms with van der Waals surface area (Å²) in [4.78, 5) is 18.4. The monoisotopic (exact) mass is 1040 g/mol. The number of nitrogens with zero attached hydrogens (tertiary/aromatic N) is 3. The molecule has 376 valence electrons. The number of carbonyl (C=O) groups is 1. The van der Waals surface area contributed by atoms with Gasteiger partial charge in [0.25, 0.3) is 25.8 Å². The van der Waals surface area contributed by atoms with E-state index in [-0.39, 0.29) is 18.1 Å². The number of sulfone groups is 1. The molecule has 2 atom stereocenters. The number of nitrogens with one attached hydrogen (secondary N) is 3. The fraction of sp³-hybridized carbons (Fsp3) is 0.380. The van der Waals surface area contributed by atoms with Gasteiger partial charge in [-0.25, -0.2) is 21.6 Å². The standard InChI is InChI=1S/C50H58ClF3N6O7S3/c1-58(29-30-61)24-21-40(34-68-42-5-3-2-4-6-42)56-46-18-16-43(32-47(46)69(64,65)50(52,53)54)70(66,67)57-49(63)38-10-14-41(15-11-38)60-25-19-37(20-26-60)48(62)45-31-35(33-59-27-22-55-23-28-59)7-17-44(45)36-8-12-39(51)13-9-36/h2-18,31-32,37,40,48,55-56,61-62H,19-30,33-34H2,1H3,(H,57,63)/t40?,48-/m0/s1. The average Bonchev–Trinajstić information content (AvgIpc) is 3.35. The lowest BCUT2D eigenvalue weighted by molar-refractivity contribution is -0.0435. The van der Waals surface area contributed by atoms with Gasteiger partial charge < -0.3 is 30.6 Å². The number of rotatable bonds is 20. The maximum atomic E-state index is 14.2. The zero-order chi connectivity index (χ0) is 50.1. The van der Waals surface area contributed by atoms with Crippen molar-refractivity contribution in [3.8, 4) is 11.1 Å².